The summed E-state index contributed by atoms with van der Waals surface area (Å²) in [5.74, 6) is 1.77. The van der Waals surface area contributed by atoms with Gasteiger partial charge >= 0.3 is 0 Å². The summed E-state index contributed by atoms with van der Waals surface area (Å²) in [5, 5.41) is 3.04. The molecular formula is C20H33N3O3. The molecule has 0 bridgehead atoms. The summed E-state index contributed by atoms with van der Waals surface area (Å²) in [7, 11) is 1.66. The van der Waals surface area contributed by atoms with E-state index >= 15 is 0 Å². The number of amides is 1. The molecule has 0 aromatic heterocycles. The van der Waals surface area contributed by atoms with E-state index in [2.05, 4.69) is 35.9 Å². The molecule has 1 aromatic rings. The van der Waals surface area contributed by atoms with Crippen LogP contribution in [0.3, 0.4) is 0 Å². The third-order valence-corrected chi connectivity index (χ3v) is 4.88. The number of nitrogens with one attached hydrogen (secondary N) is 1. The number of hydrogen-bond acceptors (Lipinski definition) is 5. The van der Waals surface area contributed by atoms with Crippen molar-refractivity contribution in [1.82, 2.24) is 15.1 Å². The largest absolute Gasteiger partial charge is 0.497 e. The molecular weight excluding hydrogens is 330 g/mol. The lowest BCUT2D eigenvalue weighted by Crippen LogP contribution is -2.42. The first-order valence-corrected chi connectivity index (χ1v) is 9.64. The molecule has 2 rings (SSSR count). The molecule has 0 aliphatic carbocycles. The third kappa shape index (κ3) is 5.88. The third-order valence-electron chi connectivity index (χ3n) is 4.88. The standard InChI is InChI=1S/C20H33N3O3/c1-5-17-14-23(15-20(24)21-10-11-22(6-2)7-3)13-16-12-18(25-4)8-9-19(16)26-17/h8-9,12,17H,5-7,10-11,13-15H2,1-4H3,(H,21,24). The zero-order valence-corrected chi connectivity index (χ0v) is 16.6. The van der Waals surface area contributed by atoms with Crippen molar-refractivity contribution in [2.75, 3.05) is 46.4 Å². The van der Waals surface area contributed by atoms with Gasteiger partial charge in [-0.2, -0.15) is 0 Å². The summed E-state index contributed by atoms with van der Waals surface area (Å²) in [5.41, 5.74) is 1.07. The summed E-state index contributed by atoms with van der Waals surface area (Å²) in [6, 6.07) is 5.88. The van der Waals surface area contributed by atoms with Gasteiger partial charge in [-0.25, -0.2) is 0 Å². The van der Waals surface area contributed by atoms with E-state index in [1.807, 2.05) is 18.2 Å². The second kappa shape index (κ2) is 10.4. The number of carbonyl (C=O) groups excluding carboxylic acids is 1. The van der Waals surface area contributed by atoms with Crippen LogP contribution in [0.15, 0.2) is 18.2 Å². The van der Waals surface area contributed by atoms with Crippen molar-refractivity contribution in [3.05, 3.63) is 23.8 Å². The summed E-state index contributed by atoms with van der Waals surface area (Å²) >= 11 is 0. The molecule has 0 radical (unpaired) electrons. The lowest BCUT2D eigenvalue weighted by molar-refractivity contribution is -0.122. The maximum absolute atomic E-state index is 12.4. The fraction of sp³-hybridized carbons (Fsp3) is 0.650. The minimum atomic E-state index is 0.0679. The Morgan fingerprint density at radius 3 is 2.77 bits per heavy atom. The van der Waals surface area contributed by atoms with Gasteiger partial charge in [0.2, 0.25) is 5.91 Å². The van der Waals surface area contributed by atoms with E-state index in [9.17, 15) is 4.79 Å². The highest BCUT2D eigenvalue weighted by molar-refractivity contribution is 5.78. The number of methoxy groups -OCH3 is 1. The number of carbonyl (C=O) groups is 1. The molecule has 1 aromatic carbocycles. The number of rotatable bonds is 9. The highest BCUT2D eigenvalue weighted by Crippen LogP contribution is 2.29. The van der Waals surface area contributed by atoms with Gasteiger partial charge in [0.15, 0.2) is 0 Å². The van der Waals surface area contributed by atoms with Crippen LogP contribution >= 0.6 is 0 Å². The topological polar surface area (TPSA) is 54.0 Å². The van der Waals surface area contributed by atoms with Crippen molar-refractivity contribution in [2.45, 2.75) is 39.8 Å². The average molecular weight is 364 g/mol. The molecule has 0 fully saturated rings. The first-order valence-electron chi connectivity index (χ1n) is 9.64. The minimum Gasteiger partial charge on any atom is -0.497 e. The van der Waals surface area contributed by atoms with Gasteiger partial charge in [-0.15, -0.1) is 0 Å². The molecule has 26 heavy (non-hydrogen) atoms. The molecule has 1 aliphatic rings. The number of likely N-dealkylation sites (N-methyl/N-ethyl adjacent to an activating group) is 1. The van der Waals surface area contributed by atoms with Gasteiger partial charge in [0.1, 0.15) is 17.6 Å². The lowest BCUT2D eigenvalue weighted by atomic mass is 10.2. The fourth-order valence-corrected chi connectivity index (χ4v) is 3.22. The highest BCUT2D eigenvalue weighted by Gasteiger charge is 2.23. The zero-order chi connectivity index (χ0) is 18.9. The van der Waals surface area contributed by atoms with Crippen molar-refractivity contribution in [3.63, 3.8) is 0 Å². The summed E-state index contributed by atoms with van der Waals surface area (Å²) in [6.45, 7) is 11.8. The molecule has 0 spiro atoms. The monoisotopic (exact) mass is 363 g/mol. The van der Waals surface area contributed by atoms with E-state index in [0.717, 1.165) is 49.7 Å². The molecule has 1 N–H and O–H groups in total. The Hall–Kier alpha value is -1.79. The van der Waals surface area contributed by atoms with E-state index < -0.39 is 0 Å². The van der Waals surface area contributed by atoms with Crippen LogP contribution in [0.1, 0.15) is 32.8 Å². The molecule has 6 nitrogen and oxygen atoms in total. The van der Waals surface area contributed by atoms with Gasteiger partial charge in [-0.3, -0.25) is 9.69 Å². The van der Waals surface area contributed by atoms with Crippen molar-refractivity contribution in [1.29, 1.82) is 0 Å². The van der Waals surface area contributed by atoms with E-state index in [0.29, 0.717) is 19.6 Å². The Labute approximate surface area is 157 Å². The number of benzene rings is 1. The van der Waals surface area contributed by atoms with Gasteiger partial charge < -0.3 is 19.7 Å². The first-order chi connectivity index (χ1) is 12.6. The maximum atomic E-state index is 12.4. The Morgan fingerprint density at radius 2 is 2.12 bits per heavy atom. The fourth-order valence-electron chi connectivity index (χ4n) is 3.22. The van der Waals surface area contributed by atoms with Crippen molar-refractivity contribution < 1.29 is 14.3 Å². The van der Waals surface area contributed by atoms with E-state index in [-0.39, 0.29) is 12.0 Å². The molecule has 1 heterocycles. The molecule has 146 valence electrons. The van der Waals surface area contributed by atoms with Crippen LogP contribution in [0.25, 0.3) is 0 Å². The van der Waals surface area contributed by atoms with Crippen molar-refractivity contribution in [3.8, 4) is 11.5 Å². The molecule has 1 atom stereocenters. The van der Waals surface area contributed by atoms with Crippen LogP contribution in [-0.4, -0.2) is 68.2 Å². The normalized spacial score (nSPS) is 17.3. The first kappa shape index (κ1) is 20.5. The summed E-state index contributed by atoms with van der Waals surface area (Å²) in [6.07, 6.45) is 0.999. The number of ether oxygens (including phenoxy) is 2. The Bertz CT molecular complexity index is 575. The van der Waals surface area contributed by atoms with Crippen LogP contribution in [-0.2, 0) is 11.3 Å². The van der Waals surface area contributed by atoms with Gasteiger partial charge in [0, 0.05) is 31.7 Å². The highest BCUT2D eigenvalue weighted by atomic mass is 16.5. The Kier molecular flexibility index (Phi) is 8.19. The summed E-state index contributed by atoms with van der Waals surface area (Å²) in [4.78, 5) is 16.8. The predicted molar refractivity (Wildman–Crippen MR) is 104 cm³/mol. The molecule has 6 heteroatoms. The quantitative estimate of drug-likeness (QED) is 0.728. The zero-order valence-electron chi connectivity index (χ0n) is 16.6. The van der Waals surface area contributed by atoms with Crippen LogP contribution in [0.4, 0.5) is 0 Å². The second-order valence-electron chi connectivity index (χ2n) is 6.67. The van der Waals surface area contributed by atoms with Gasteiger partial charge in [0.25, 0.3) is 0 Å². The van der Waals surface area contributed by atoms with E-state index in [4.69, 9.17) is 9.47 Å². The predicted octanol–water partition coefficient (Wildman–Crippen LogP) is 2.13. The molecule has 0 saturated carbocycles. The lowest BCUT2D eigenvalue weighted by Gasteiger charge is -2.23. The number of fused-ring (bicyclic) bond motifs is 1. The smallest absolute Gasteiger partial charge is 0.234 e. The van der Waals surface area contributed by atoms with Gasteiger partial charge in [-0.05, 0) is 37.7 Å². The van der Waals surface area contributed by atoms with E-state index in [1.54, 1.807) is 7.11 Å². The SMILES string of the molecule is CCC1CN(CC(=O)NCCN(CC)CC)Cc2cc(OC)ccc2O1. The van der Waals surface area contributed by atoms with Gasteiger partial charge in [0.05, 0.1) is 13.7 Å². The van der Waals surface area contributed by atoms with Crippen molar-refractivity contribution in [2.24, 2.45) is 0 Å². The molecule has 1 amide bonds. The van der Waals surface area contributed by atoms with Crippen LogP contribution in [0.5, 0.6) is 11.5 Å². The average Bonchev–Trinajstić information content (AvgIpc) is 2.82. The number of nitrogens with zero attached hydrogens (tertiary/aromatic N) is 2. The van der Waals surface area contributed by atoms with Crippen LogP contribution in [0.2, 0.25) is 0 Å². The number of hydrogen-bond donors (Lipinski definition) is 1. The Morgan fingerprint density at radius 1 is 1.35 bits per heavy atom. The molecule has 1 aliphatic heterocycles. The van der Waals surface area contributed by atoms with Gasteiger partial charge in [-0.1, -0.05) is 20.8 Å². The minimum absolute atomic E-state index is 0.0679. The maximum Gasteiger partial charge on any atom is 0.234 e. The van der Waals surface area contributed by atoms with Crippen LogP contribution < -0.4 is 14.8 Å². The summed E-state index contributed by atoms with van der Waals surface area (Å²) < 4.78 is 11.5. The van der Waals surface area contributed by atoms with E-state index in [1.165, 1.54) is 0 Å². The molecule has 1 unspecified atom stereocenters. The van der Waals surface area contributed by atoms with Crippen molar-refractivity contribution >= 4 is 5.91 Å². The Balaban J connectivity index is 1.95. The van der Waals surface area contributed by atoms with Crippen LogP contribution in [0, 0.1) is 0 Å². The second-order valence-corrected chi connectivity index (χ2v) is 6.67. The molecule has 0 saturated heterocycles.